The van der Waals surface area contributed by atoms with Crippen molar-refractivity contribution in [3.63, 3.8) is 0 Å². The van der Waals surface area contributed by atoms with Gasteiger partial charge in [-0.3, -0.25) is 0 Å². The van der Waals surface area contributed by atoms with Crippen LogP contribution in [-0.4, -0.2) is 19.1 Å². The van der Waals surface area contributed by atoms with Gasteiger partial charge in [-0.25, -0.2) is 19.1 Å². The number of imidazole rings is 2. The molecule has 0 saturated heterocycles. The Kier molecular flexibility index (Phi) is 4.88. The quantitative estimate of drug-likeness (QED) is 0.416. The van der Waals surface area contributed by atoms with Crippen LogP contribution < -0.4 is 9.13 Å². The first kappa shape index (κ1) is 18.0. The summed E-state index contributed by atoms with van der Waals surface area (Å²) >= 11 is 0. The lowest BCUT2D eigenvalue weighted by Gasteiger charge is -2.01. The minimum Gasteiger partial charge on any atom is -0.232 e. The SMILES string of the molecule is c1ccc(-n2cc[n+](Cc3ccc(C[n+]4ccn(-c5ccccn5)c4)cc3)c2)nc1. The molecule has 0 aliphatic rings. The lowest BCUT2D eigenvalue weighted by atomic mass is 10.1. The fourth-order valence-electron chi connectivity index (χ4n) is 3.43. The monoisotopic (exact) mass is 394 g/mol. The maximum Gasteiger partial charge on any atom is 0.250 e. The van der Waals surface area contributed by atoms with Crippen molar-refractivity contribution < 1.29 is 9.13 Å². The van der Waals surface area contributed by atoms with E-state index in [1.54, 1.807) is 12.4 Å². The molecule has 146 valence electrons. The van der Waals surface area contributed by atoms with Crippen LogP contribution >= 0.6 is 0 Å². The molecule has 0 spiro atoms. The highest BCUT2D eigenvalue weighted by Crippen LogP contribution is 2.06. The first-order valence-electron chi connectivity index (χ1n) is 9.88. The molecule has 5 aromatic rings. The Morgan fingerprint density at radius 3 is 1.47 bits per heavy atom. The molecular weight excluding hydrogens is 372 g/mol. The van der Waals surface area contributed by atoms with E-state index in [-0.39, 0.29) is 0 Å². The number of nitrogens with zero attached hydrogens (tertiary/aromatic N) is 6. The third kappa shape index (κ3) is 4.03. The molecule has 0 unspecified atom stereocenters. The first-order valence-corrected chi connectivity index (χ1v) is 9.88. The van der Waals surface area contributed by atoms with Crippen molar-refractivity contribution in [1.29, 1.82) is 0 Å². The van der Waals surface area contributed by atoms with Crippen molar-refractivity contribution in [2.24, 2.45) is 0 Å². The fraction of sp³-hybridized carbons (Fsp3) is 0.0833. The van der Waals surface area contributed by atoms with Gasteiger partial charge in [-0.15, -0.1) is 0 Å². The second kappa shape index (κ2) is 8.13. The van der Waals surface area contributed by atoms with Gasteiger partial charge in [0.25, 0.3) is 12.7 Å². The van der Waals surface area contributed by atoms with E-state index >= 15 is 0 Å². The van der Waals surface area contributed by atoms with Gasteiger partial charge in [-0.2, -0.15) is 9.13 Å². The van der Waals surface area contributed by atoms with Crippen molar-refractivity contribution in [2.45, 2.75) is 13.1 Å². The lowest BCUT2D eigenvalue weighted by Crippen LogP contribution is -2.32. The summed E-state index contributed by atoms with van der Waals surface area (Å²) < 4.78 is 8.37. The summed E-state index contributed by atoms with van der Waals surface area (Å²) in [5.41, 5.74) is 2.53. The third-order valence-electron chi connectivity index (χ3n) is 4.96. The van der Waals surface area contributed by atoms with Gasteiger partial charge >= 0.3 is 0 Å². The van der Waals surface area contributed by atoms with Crippen LogP contribution in [0.25, 0.3) is 11.6 Å². The van der Waals surface area contributed by atoms with Gasteiger partial charge in [0.15, 0.2) is 0 Å². The number of rotatable bonds is 6. The highest BCUT2D eigenvalue weighted by atomic mass is 15.2. The van der Waals surface area contributed by atoms with E-state index in [1.807, 2.05) is 57.9 Å². The Labute approximate surface area is 175 Å². The van der Waals surface area contributed by atoms with E-state index in [9.17, 15) is 0 Å². The molecule has 0 radical (unpaired) electrons. The van der Waals surface area contributed by atoms with Crippen LogP contribution in [0.4, 0.5) is 0 Å². The normalized spacial score (nSPS) is 10.9. The van der Waals surface area contributed by atoms with E-state index in [1.165, 1.54) is 11.1 Å². The zero-order valence-electron chi connectivity index (χ0n) is 16.5. The van der Waals surface area contributed by atoms with E-state index in [4.69, 9.17) is 0 Å². The van der Waals surface area contributed by atoms with Crippen LogP contribution in [0.3, 0.4) is 0 Å². The third-order valence-corrected chi connectivity index (χ3v) is 4.96. The Bertz CT molecular complexity index is 1120. The molecule has 4 aromatic heterocycles. The maximum atomic E-state index is 4.38. The molecule has 1 aromatic carbocycles. The van der Waals surface area contributed by atoms with Crippen LogP contribution in [0, 0.1) is 0 Å². The Hall–Kier alpha value is -4.06. The van der Waals surface area contributed by atoms with Gasteiger partial charge in [-0.1, -0.05) is 36.4 Å². The second-order valence-electron chi connectivity index (χ2n) is 7.18. The molecule has 0 aliphatic carbocycles. The smallest absolute Gasteiger partial charge is 0.232 e. The van der Waals surface area contributed by atoms with Crippen LogP contribution in [0.2, 0.25) is 0 Å². The lowest BCUT2D eigenvalue weighted by molar-refractivity contribution is -0.688. The number of aromatic nitrogens is 6. The predicted molar refractivity (Wildman–Crippen MR) is 112 cm³/mol. The summed E-state index contributed by atoms with van der Waals surface area (Å²) in [4.78, 5) is 8.77. The summed E-state index contributed by atoms with van der Waals surface area (Å²) in [5, 5.41) is 0. The van der Waals surface area contributed by atoms with E-state index < -0.39 is 0 Å². The van der Waals surface area contributed by atoms with Gasteiger partial charge < -0.3 is 0 Å². The maximum absolute atomic E-state index is 4.38. The zero-order chi connectivity index (χ0) is 20.2. The van der Waals surface area contributed by atoms with Crippen molar-refractivity contribution >= 4 is 0 Å². The highest BCUT2D eigenvalue weighted by Gasteiger charge is 2.10. The summed E-state index contributed by atoms with van der Waals surface area (Å²) in [6.45, 7) is 1.65. The largest absolute Gasteiger partial charge is 0.250 e. The average molecular weight is 394 g/mol. The van der Waals surface area contributed by atoms with E-state index in [2.05, 4.69) is 68.4 Å². The Balaban J connectivity index is 1.24. The van der Waals surface area contributed by atoms with Gasteiger partial charge in [-0.05, 0) is 23.3 Å². The minimum absolute atomic E-state index is 0.823. The van der Waals surface area contributed by atoms with Crippen molar-refractivity contribution in [3.05, 3.63) is 122 Å². The van der Waals surface area contributed by atoms with Crippen molar-refractivity contribution in [2.75, 3.05) is 0 Å². The Morgan fingerprint density at radius 2 is 1.07 bits per heavy atom. The second-order valence-corrected chi connectivity index (χ2v) is 7.18. The van der Waals surface area contributed by atoms with Crippen molar-refractivity contribution in [3.8, 4) is 11.6 Å². The summed E-state index contributed by atoms with van der Waals surface area (Å²) in [6, 6.07) is 20.6. The standard InChI is InChI=1S/C24H22N6/c1-3-11-25-23(5-1)29-15-13-27(19-29)17-21-7-9-22(10-8-21)18-28-14-16-30(20-28)24-6-2-4-12-26-24/h1-16,19-20H,17-18H2/q+2. The van der Waals surface area contributed by atoms with Crippen LogP contribution in [0.5, 0.6) is 0 Å². The summed E-state index contributed by atoms with van der Waals surface area (Å²) in [7, 11) is 0. The van der Waals surface area contributed by atoms with Gasteiger partial charge in [0.1, 0.15) is 37.9 Å². The van der Waals surface area contributed by atoms with Crippen LogP contribution in [0.1, 0.15) is 11.1 Å². The first-order chi connectivity index (χ1) is 14.8. The zero-order valence-corrected chi connectivity index (χ0v) is 16.5. The minimum atomic E-state index is 0.823. The number of benzene rings is 1. The molecule has 6 heteroatoms. The van der Waals surface area contributed by atoms with E-state index in [0.29, 0.717) is 0 Å². The van der Waals surface area contributed by atoms with Gasteiger partial charge in [0, 0.05) is 24.5 Å². The molecule has 0 aliphatic heterocycles. The molecule has 5 rings (SSSR count). The molecule has 6 nitrogen and oxygen atoms in total. The van der Waals surface area contributed by atoms with Crippen LogP contribution in [0.15, 0.2) is 110 Å². The highest BCUT2D eigenvalue weighted by molar-refractivity contribution is 5.23. The van der Waals surface area contributed by atoms with Gasteiger partial charge in [0.05, 0.1) is 0 Å². The van der Waals surface area contributed by atoms with Gasteiger partial charge in [0.2, 0.25) is 11.6 Å². The molecule has 0 atom stereocenters. The van der Waals surface area contributed by atoms with Crippen molar-refractivity contribution in [1.82, 2.24) is 19.1 Å². The van der Waals surface area contributed by atoms with Crippen LogP contribution in [-0.2, 0) is 13.1 Å². The Morgan fingerprint density at radius 1 is 0.600 bits per heavy atom. The number of pyridine rings is 2. The molecule has 0 saturated carbocycles. The summed E-state index contributed by atoms with van der Waals surface area (Å²) in [6.07, 6.45) is 15.9. The molecule has 30 heavy (non-hydrogen) atoms. The average Bonchev–Trinajstić information content (AvgIpc) is 3.46. The number of hydrogen-bond donors (Lipinski definition) is 0. The number of hydrogen-bond acceptors (Lipinski definition) is 2. The molecule has 0 amide bonds. The molecule has 0 N–H and O–H groups in total. The molecule has 0 fully saturated rings. The van der Waals surface area contributed by atoms with E-state index in [0.717, 1.165) is 24.7 Å². The topological polar surface area (TPSA) is 43.4 Å². The predicted octanol–water partition coefficient (Wildman–Crippen LogP) is 2.73. The molecule has 0 bridgehead atoms. The molecule has 4 heterocycles. The molecular formula is C24H22N6+2. The fourth-order valence-corrected chi connectivity index (χ4v) is 3.43. The summed E-state index contributed by atoms with van der Waals surface area (Å²) in [5.74, 6) is 1.84.